The summed E-state index contributed by atoms with van der Waals surface area (Å²) in [4.78, 5) is 36.2. The number of benzene rings is 1. The smallest absolute Gasteiger partial charge is 0.322 e. The van der Waals surface area contributed by atoms with Crippen molar-refractivity contribution in [2.75, 3.05) is 19.0 Å². The van der Waals surface area contributed by atoms with Crippen molar-refractivity contribution < 1.29 is 19.2 Å². The zero-order valence-corrected chi connectivity index (χ0v) is 13.9. The fourth-order valence-corrected chi connectivity index (χ4v) is 2.54. The van der Waals surface area contributed by atoms with E-state index in [1.165, 1.54) is 13.2 Å². The van der Waals surface area contributed by atoms with Crippen LogP contribution in [0.25, 0.3) is 0 Å². The first-order valence-electron chi connectivity index (χ1n) is 7.72. The highest BCUT2D eigenvalue weighted by atomic mass is 16.6. The molecule has 1 aromatic carbocycles. The molecule has 1 aliphatic carbocycles. The first kappa shape index (κ1) is 17.9. The van der Waals surface area contributed by atoms with Crippen molar-refractivity contribution in [1.29, 1.82) is 0 Å². The Morgan fingerprint density at radius 2 is 2.12 bits per heavy atom. The number of amides is 1. The normalized spacial score (nSPS) is 15.0. The fourth-order valence-electron chi connectivity index (χ4n) is 2.54. The number of nitrogens with one attached hydrogen (secondary N) is 1. The molecule has 2 rings (SSSR count). The zero-order chi connectivity index (χ0) is 17.9. The summed E-state index contributed by atoms with van der Waals surface area (Å²) in [5, 5.41) is 13.6. The molecular formula is C16H21N3O5. The van der Waals surface area contributed by atoms with Crippen LogP contribution in [0.5, 0.6) is 0 Å². The zero-order valence-electron chi connectivity index (χ0n) is 13.9. The Morgan fingerprint density at radius 1 is 1.46 bits per heavy atom. The SMILES string of the molecule is COC(=O)[C@@H](C)N(CC(=O)Nc1ccc(C)c([N+](=O)[O-])c1)C1CC1. The highest BCUT2D eigenvalue weighted by Gasteiger charge is 2.36. The minimum absolute atomic E-state index is 0.0304. The molecule has 8 heteroatoms. The molecule has 0 saturated heterocycles. The van der Waals surface area contributed by atoms with Crippen molar-refractivity contribution in [3.8, 4) is 0 Å². The third-order valence-electron chi connectivity index (χ3n) is 4.07. The summed E-state index contributed by atoms with van der Waals surface area (Å²) in [6, 6.07) is 4.21. The standard InChI is InChI=1S/C16H21N3O5/c1-10-4-5-12(8-14(10)19(22)23)17-15(20)9-18(13-6-7-13)11(2)16(21)24-3/h4-5,8,11,13H,6-7,9H2,1-3H3,(H,17,20)/t11-/m1/s1. The first-order valence-corrected chi connectivity index (χ1v) is 7.72. The van der Waals surface area contributed by atoms with Gasteiger partial charge in [0, 0.05) is 23.4 Å². The number of nitro groups is 1. The Balaban J connectivity index is 2.05. The van der Waals surface area contributed by atoms with Gasteiger partial charge in [-0.15, -0.1) is 0 Å². The number of carbonyl (C=O) groups is 2. The van der Waals surface area contributed by atoms with Gasteiger partial charge in [-0.3, -0.25) is 24.6 Å². The Hall–Kier alpha value is -2.48. The Labute approximate surface area is 139 Å². The number of nitro benzene ring substituents is 1. The average Bonchev–Trinajstić information content (AvgIpc) is 3.37. The number of aryl methyl sites for hydroxylation is 1. The van der Waals surface area contributed by atoms with Crippen LogP contribution in [0.1, 0.15) is 25.3 Å². The molecule has 24 heavy (non-hydrogen) atoms. The lowest BCUT2D eigenvalue weighted by Crippen LogP contribution is -2.45. The number of hydrogen-bond acceptors (Lipinski definition) is 6. The van der Waals surface area contributed by atoms with Crippen molar-refractivity contribution in [2.45, 2.75) is 38.8 Å². The highest BCUT2D eigenvalue weighted by Crippen LogP contribution is 2.29. The summed E-state index contributed by atoms with van der Waals surface area (Å²) in [5.41, 5.74) is 0.838. The van der Waals surface area contributed by atoms with Crippen LogP contribution in [-0.2, 0) is 14.3 Å². The molecule has 1 aromatic rings. The van der Waals surface area contributed by atoms with Gasteiger partial charge in [0.05, 0.1) is 18.6 Å². The van der Waals surface area contributed by atoms with Crippen LogP contribution in [0.2, 0.25) is 0 Å². The van der Waals surface area contributed by atoms with Gasteiger partial charge in [0.25, 0.3) is 5.69 Å². The number of anilines is 1. The molecule has 1 aliphatic rings. The second-order valence-corrected chi connectivity index (χ2v) is 5.91. The summed E-state index contributed by atoms with van der Waals surface area (Å²) in [7, 11) is 1.31. The van der Waals surface area contributed by atoms with E-state index >= 15 is 0 Å². The van der Waals surface area contributed by atoms with Crippen LogP contribution in [0, 0.1) is 17.0 Å². The molecule has 0 aliphatic heterocycles. The molecule has 1 atom stereocenters. The molecule has 8 nitrogen and oxygen atoms in total. The molecule has 1 saturated carbocycles. The minimum Gasteiger partial charge on any atom is -0.468 e. The van der Waals surface area contributed by atoms with Gasteiger partial charge in [0.2, 0.25) is 5.91 Å². The van der Waals surface area contributed by atoms with E-state index in [-0.39, 0.29) is 30.2 Å². The van der Waals surface area contributed by atoms with Gasteiger partial charge in [-0.2, -0.15) is 0 Å². The number of esters is 1. The molecule has 0 radical (unpaired) electrons. The van der Waals surface area contributed by atoms with Crippen LogP contribution in [0.15, 0.2) is 18.2 Å². The third-order valence-corrected chi connectivity index (χ3v) is 4.07. The average molecular weight is 335 g/mol. The topological polar surface area (TPSA) is 102 Å². The van der Waals surface area contributed by atoms with Crippen LogP contribution >= 0.6 is 0 Å². The number of methoxy groups -OCH3 is 1. The predicted molar refractivity (Wildman–Crippen MR) is 87.7 cm³/mol. The molecule has 1 amide bonds. The summed E-state index contributed by atoms with van der Waals surface area (Å²) in [6.45, 7) is 3.37. The van der Waals surface area contributed by atoms with Gasteiger partial charge in [-0.05, 0) is 32.8 Å². The maximum absolute atomic E-state index is 12.3. The molecule has 0 heterocycles. The van der Waals surface area contributed by atoms with E-state index in [9.17, 15) is 19.7 Å². The van der Waals surface area contributed by atoms with E-state index in [2.05, 4.69) is 5.32 Å². The van der Waals surface area contributed by atoms with Crippen LogP contribution in [0.4, 0.5) is 11.4 Å². The van der Waals surface area contributed by atoms with Gasteiger partial charge in [0.1, 0.15) is 6.04 Å². The van der Waals surface area contributed by atoms with Gasteiger partial charge in [-0.1, -0.05) is 6.07 Å². The lowest BCUT2D eigenvalue weighted by Gasteiger charge is -2.26. The predicted octanol–water partition coefficient (Wildman–Crippen LogP) is 1.87. The van der Waals surface area contributed by atoms with Crippen LogP contribution in [0.3, 0.4) is 0 Å². The van der Waals surface area contributed by atoms with Gasteiger partial charge in [-0.25, -0.2) is 0 Å². The van der Waals surface area contributed by atoms with E-state index in [1.54, 1.807) is 30.9 Å². The first-order chi connectivity index (χ1) is 11.3. The Bertz CT molecular complexity index is 657. The van der Waals surface area contributed by atoms with Crippen LogP contribution < -0.4 is 5.32 Å². The maximum Gasteiger partial charge on any atom is 0.322 e. The van der Waals surface area contributed by atoms with E-state index in [0.29, 0.717) is 11.3 Å². The van der Waals surface area contributed by atoms with Crippen molar-refractivity contribution >= 4 is 23.3 Å². The lowest BCUT2D eigenvalue weighted by molar-refractivity contribution is -0.385. The van der Waals surface area contributed by atoms with Gasteiger partial charge < -0.3 is 10.1 Å². The number of hydrogen-bond donors (Lipinski definition) is 1. The quantitative estimate of drug-likeness (QED) is 0.464. The lowest BCUT2D eigenvalue weighted by atomic mass is 10.2. The highest BCUT2D eigenvalue weighted by molar-refractivity contribution is 5.93. The Morgan fingerprint density at radius 3 is 2.67 bits per heavy atom. The molecule has 0 aromatic heterocycles. The maximum atomic E-state index is 12.3. The van der Waals surface area contributed by atoms with E-state index in [4.69, 9.17) is 4.74 Å². The minimum atomic E-state index is -0.513. The summed E-state index contributed by atoms with van der Waals surface area (Å²) >= 11 is 0. The number of ether oxygens (including phenoxy) is 1. The van der Waals surface area contributed by atoms with Crippen LogP contribution in [-0.4, -0.2) is 47.4 Å². The van der Waals surface area contributed by atoms with E-state index < -0.39 is 11.0 Å². The van der Waals surface area contributed by atoms with E-state index in [1.807, 2.05) is 0 Å². The summed E-state index contributed by atoms with van der Waals surface area (Å²) in [6.07, 6.45) is 1.87. The second kappa shape index (κ2) is 7.39. The van der Waals surface area contributed by atoms with Gasteiger partial charge >= 0.3 is 5.97 Å². The number of rotatable bonds is 7. The van der Waals surface area contributed by atoms with Crippen molar-refractivity contribution in [2.24, 2.45) is 0 Å². The number of carbonyl (C=O) groups excluding carboxylic acids is 2. The molecule has 1 N–H and O–H groups in total. The molecule has 1 fully saturated rings. The summed E-state index contributed by atoms with van der Waals surface area (Å²) < 4.78 is 4.74. The molecule has 0 bridgehead atoms. The molecular weight excluding hydrogens is 314 g/mol. The third kappa shape index (κ3) is 4.29. The molecule has 0 unspecified atom stereocenters. The number of nitrogens with zero attached hydrogens (tertiary/aromatic N) is 2. The largest absolute Gasteiger partial charge is 0.468 e. The van der Waals surface area contributed by atoms with Crippen molar-refractivity contribution in [1.82, 2.24) is 4.90 Å². The van der Waals surface area contributed by atoms with Crippen molar-refractivity contribution in [3.63, 3.8) is 0 Å². The van der Waals surface area contributed by atoms with E-state index in [0.717, 1.165) is 12.8 Å². The second-order valence-electron chi connectivity index (χ2n) is 5.91. The molecule has 0 spiro atoms. The fraction of sp³-hybridized carbons (Fsp3) is 0.500. The summed E-state index contributed by atoms with van der Waals surface area (Å²) in [5.74, 6) is -0.712. The Kier molecular flexibility index (Phi) is 5.50. The monoisotopic (exact) mass is 335 g/mol. The van der Waals surface area contributed by atoms with Gasteiger partial charge in [0.15, 0.2) is 0 Å². The van der Waals surface area contributed by atoms with Crippen molar-refractivity contribution in [3.05, 3.63) is 33.9 Å². The molecule has 130 valence electrons.